The van der Waals surface area contributed by atoms with E-state index in [2.05, 4.69) is 14.9 Å². The highest BCUT2D eigenvalue weighted by molar-refractivity contribution is 5.77. The van der Waals surface area contributed by atoms with Gasteiger partial charge in [0, 0.05) is 26.2 Å². The van der Waals surface area contributed by atoms with Gasteiger partial charge in [-0.05, 0) is 12.1 Å². The van der Waals surface area contributed by atoms with Crippen LogP contribution >= 0.6 is 0 Å². The third-order valence-corrected chi connectivity index (χ3v) is 3.89. The number of rotatable bonds is 3. The first-order valence-corrected chi connectivity index (χ1v) is 7.41. The first-order chi connectivity index (χ1) is 10.9. The maximum absolute atomic E-state index is 12.3. The summed E-state index contributed by atoms with van der Waals surface area (Å²) in [5.41, 5.74) is 1.85. The Bertz CT molecular complexity index is 656. The Morgan fingerprint density at radius 3 is 2.52 bits per heavy atom. The Hall–Kier alpha value is -2.09. The van der Waals surface area contributed by atoms with Crippen molar-refractivity contribution < 1.29 is 18.0 Å². The van der Waals surface area contributed by atoms with E-state index in [4.69, 9.17) is 0 Å². The van der Waals surface area contributed by atoms with E-state index in [0.29, 0.717) is 32.7 Å². The number of aromatic amines is 1. The van der Waals surface area contributed by atoms with E-state index in [-0.39, 0.29) is 0 Å². The molecule has 1 saturated heterocycles. The van der Waals surface area contributed by atoms with Crippen LogP contribution in [0.3, 0.4) is 0 Å². The van der Waals surface area contributed by atoms with E-state index in [0.717, 1.165) is 16.9 Å². The monoisotopic (exact) mass is 326 g/mol. The number of imidazole rings is 1. The summed E-state index contributed by atoms with van der Waals surface area (Å²) in [6, 6.07) is 7.70. The van der Waals surface area contributed by atoms with Gasteiger partial charge in [-0.1, -0.05) is 12.1 Å². The summed E-state index contributed by atoms with van der Waals surface area (Å²) in [6.45, 7) is 2.31. The van der Waals surface area contributed by atoms with Crippen molar-refractivity contribution >= 4 is 16.9 Å². The SMILES string of the molecule is O=C(CC(F)(F)F)N1CCN(Cc2nc3ccccc3[nH]2)CC1. The molecule has 1 aliphatic heterocycles. The van der Waals surface area contributed by atoms with Gasteiger partial charge in [-0.15, -0.1) is 0 Å². The predicted molar refractivity (Wildman–Crippen MR) is 78.6 cm³/mol. The molecule has 0 bridgehead atoms. The molecule has 8 heteroatoms. The van der Waals surface area contributed by atoms with Crippen LogP contribution in [0.15, 0.2) is 24.3 Å². The third kappa shape index (κ3) is 4.01. The molecule has 1 aromatic heterocycles. The molecule has 1 aliphatic rings. The molecular weight excluding hydrogens is 309 g/mol. The van der Waals surface area contributed by atoms with E-state index >= 15 is 0 Å². The molecular formula is C15H17F3N4O. The minimum atomic E-state index is -4.44. The normalized spacial score (nSPS) is 16.9. The number of hydrogen-bond acceptors (Lipinski definition) is 3. The lowest BCUT2D eigenvalue weighted by molar-refractivity contribution is -0.162. The van der Waals surface area contributed by atoms with Crippen LogP contribution in [-0.4, -0.2) is 58.0 Å². The molecule has 0 aliphatic carbocycles. The molecule has 23 heavy (non-hydrogen) atoms. The second-order valence-corrected chi connectivity index (χ2v) is 5.65. The molecule has 0 spiro atoms. The number of nitrogens with zero attached hydrogens (tertiary/aromatic N) is 3. The van der Waals surface area contributed by atoms with Gasteiger partial charge >= 0.3 is 6.18 Å². The van der Waals surface area contributed by atoms with Crippen molar-refractivity contribution in [2.75, 3.05) is 26.2 Å². The minimum absolute atomic E-state index is 0.315. The lowest BCUT2D eigenvalue weighted by atomic mass is 10.2. The van der Waals surface area contributed by atoms with Crippen LogP contribution < -0.4 is 0 Å². The van der Waals surface area contributed by atoms with Gasteiger partial charge in [-0.3, -0.25) is 9.69 Å². The topological polar surface area (TPSA) is 52.2 Å². The summed E-state index contributed by atoms with van der Waals surface area (Å²) in [5, 5.41) is 0. The number of carbonyl (C=O) groups is 1. The van der Waals surface area contributed by atoms with Crippen LogP contribution in [0, 0.1) is 0 Å². The second kappa shape index (κ2) is 6.19. The molecule has 1 fully saturated rings. The molecule has 1 N–H and O–H groups in total. The van der Waals surface area contributed by atoms with E-state index in [1.54, 1.807) is 0 Å². The van der Waals surface area contributed by atoms with E-state index < -0.39 is 18.5 Å². The molecule has 0 radical (unpaired) electrons. The fourth-order valence-electron chi connectivity index (χ4n) is 2.73. The first kappa shape index (κ1) is 15.8. The van der Waals surface area contributed by atoms with Gasteiger partial charge in [-0.2, -0.15) is 13.2 Å². The number of hydrogen-bond donors (Lipinski definition) is 1. The number of halogens is 3. The van der Waals surface area contributed by atoms with Gasteiger partial charge in [0.05, 0.1) is 17.6 Å². The molecule has 2 aromatic rings. The lowest BCUT2D eigenvalue weighted by Gasteiger charge is -2.34. The van der Waals surface area contributed by atoms with Gasteiger partial charge < -0.3 is 9.88 Å². The van der Waals surface area contributed by atoms with Gasteiger partial charge in [0.15, 0.2) is 0 Å². The molecule has 2 heterocycles. The molecule has 124 valence electrons. The highest BCUT2D eigenvalue weighted by Crippen LogP contribution is 2.21. The molecule has 5 nitrogen and oxygen atoms in total. The Kier molecular flexibility index (Phi) is 4.25. The zero-order valence-corrected chi connectivity index (χ0v) is 12.4. The van der Waals surface area contributed by atoms with Gasteiger partial charge in [0.1, 0.15) is 12.2 Å². The molecule has 0 atom stereocenters. The maximum Gasteiger partial charge on any atom is 0.397 e. The quantitative estimate of drug-likeness (QED) is 0.940. The molecule has 0 saturated carbocycles. The van der Waals surface area contributed by atoms with Crippen LogP contribution in [0.25, 0.3) is 11.0 Å². The lowest BCUT2D eigenvalue weighted by Crippen LogP contribution is -2.49. The highest BCUT2D eigenvalue weighted by Gasteiger charge is 2.34. The number of nitrogens with one attached hydrogen (secondary N) is 1. The number of H-pyrrole nitrogens is 1. The van der Waals surface area contributed by atoms with E-state index in [1.165, 1.54) is 4.90 Å². The summed E-state index contributed by atoms with van der Waals surface area (Å²) < 4.78 is 36.8. The number of aromatic nitrogens is 2. The van der Waals surface area contributed by atoms with Crippen LogP contribution in [0.2, 0.25) is 0 Å². The van der Waals surface area contributed by atoms with Crippen molar-refractivity contribution in [3.63, 3.8) is 0 Å². The standard InChI is InChI=1S/C15H17F3N4O/c16-15(17,18)9-14(23)22-7-5-21(6-8-22)10-13-19-11-3-1-2-4-12(11)20-13/h1-4H,5-10H2,(H,19,20). The summed E-state index contributed by atoms with van der Waals surface area (Å²) in [5.74, 6) is -0.0258. The zero-order chi connectivity index (χ0) is 16.4. The smallest absolute Gasteiger partial charge is 0.341 e. The number of fused-ring (bicyclic) bond motifs is 1. The van der Waals surface area contributed by atoms with E-state index in [1.807, 2.05) is 24.3 Å². The van der Waals surface area contributed by atoms with Crippen molar-refractivity contribution in [2.24, 2.45) is 0 Å². The van der Waals surface area contributed by atoms with Crippen LogP contribution in [-0.2, 0) is 11.3 Å². The molecule has 1 aromatic carbocycles. The fraction of sp³-hybridized carbons (Fsp3) is 0.467. The zero-order valence-electron chi connectivity index (χ0n) is 12.4. The number of amides is 1. The first-order valence-electron chi connectivity index (χ1n) is 7.41. The van der Waals surface area contributed by atoms with E-state index in [9.17, 15) is 18.0 Å². The number of alkyl halides is 3. The minimum Gasteiger partial charge on any atom is -0.341 e. The van der Waals surface area contributed by atoms with Gasteiger partial charge in [0.2, 0.25) is 5.91 Å². The summed E-state index contributed by atoms with van der Waals surface area (Å²) >= 11 is 0. The number of piperazine rings is 1. The van der Waals surface area contributed by atoms with Crippen molar-refractivity contribution in [3.05, 3.63) is 30.1 Å². The average Bonchev–Trinajstić information content (AvgIpc) is 2.88. The summed E-state index contributed by atoms with van der Waals surface area (Å²) in [6.07, 6.45) is -5.82. The maximum atomic E-state index is 12.3. The second-order valence-electron chi connectivity index (χ2n) is 5.65. The highest BCUT2D eigenvalue weighted by atomic mass is 19.4. The van der Waals surface area contributed by atoms with Crippen molar-refractivity contribution in [2.45, 2.75) is 19.1 Å². The molecule has 0 unspecified atom stereocenters. The Morgan fingerprint density at radius 2 is 1.87 bits per heavy atom. The largest absolute Gasteiger partial charge is 0.397 e. The fourth-order valence-corrected chi connectivity index (χ4v) is 2.73. The number of para-hydroxylation sites is 2. The average molecular weight is 326 g/mol. The Labute approximate surface area is 131 Å². The number of carbonyl (C=O) groups excluding carboxylic acids is 1. The predicted octanol–water partition coefficient (Wildman–Crippen LogP) is 2.16. The Balaban J connectivity index is 1.54. The molecule has 1 amide bonds. The summed E-state index contributed by atoms with van der Waals surface area (Å²) in [7, 11) is 0. The van der Waals surface area contributed by atoms with Crippen LogP contribution in [0.1, 0.15) is 12.2 Å². The molecule has 3 rings (SSSR count). The van der Waals surface area contributed by atoms with Crippen LogP contribution in [0.5, 0.6) is 0 Å². The van der Waals surface area contributed by atoms with Crippen LogP contribution in [0.4, 0.5) is 13.2 Å². The number of benzene rings is 1. The van der Waals surface area contributed by atoms with Gasteiger partial charge in [0.25, 0.3) is 0 Å². The van der Waals surface area contributed by atoms with Gasteiger partial charge in [-0.25, -0.2) is 4.98 Å². The van der Waals surface area contributed by atoms with Crippen molar-refractivity contribution in [1.29, 1.82) is 0 Å². The van der Waals surface area contributed by atoms with Crippen molar-refractivity contribution in [3.8, 4) is 0 Å². The third-order valence-electron chi connectivity index (χ3n) is 3.89. The Morgan fingerprint density at radius 1 is 1.17 bits per heavy atom. The summed E-state index contributed by atoms with van der Waals surface area (Å²) in [4.78, 5) is 22.6. The van der Waals surface area contributed by atoms with Crippen molar-refractivity contribution in [1.82, 2.24) is 19.8 Å².